The minimum absolute atomic E-state index is 0.222. The SMILES string of the molecule is CCCc1ccc(F)cc1NCC=O. The van der Waals surface area contributed by atoms with Gasteiger partial charge < -0.3 is 10.1 Å². The molecule has 0 fully saturated rings. The number of aldehydes is 1. The average Bonchev–Trinajstić information content (AvgIpc) is 2.18. The maximum atomic E-state index is 12.9. The van der Waals surface area contributed by atoms with Gasteiger partial charge >= 0.3 is 0 Å². The van der Waals surface area contributed by atoms with Crippen LogP contribution in [-0.2, 0) is 11.2 Å². The molecule has 0 bridgehead atoms. The van der Waals surface area contributed by atoms with Gasteiger partial charge in [0.15, 0.2) is 0 Å². The zero-order valence-electron chi connectivity index (χ0n) is 8.22. The van der Waals surface area contributed by atoms with E-state index in [-0.39, 0.29) is 12.4 Å². The van der Waals surface area contributed by atoms with Crippen molar-refractivity contribution in [2.45, 2.75) is 19.8 Å². The number of nitrogens with one attached hydrogen (secondary N) is 1. The van der Waals surface area contributed by atoms with Gasteiger partial charge in [0.05, 0.1) is 6.54 Å². The van der Waals surface area contributed by atoms with Crippen LogP contribution in [0.4, 0.5) is 10.1 Å². The molecule has 0 heterocycles. The van der Waals surface area contributed by atoms with E-state index in [0.717, 1.165) is 30.4 Å². The summed E-state index contributed by atoms with van der Waals surface area (Å²) in [5.41, 5.74) is 1.77. The maximum absolute atomic E-state index is 12.9. The highest BCUT2D eigenvalue weighted by Crippen LogP contribution is 2.18. The molecule has 0 atom stereocenters. The number of benzene rings is 1. The fourth-order valence-corrected chi connectivity index (χ4v) is 1.35. The minimum atomic E-state index is -0.279. The van der Waals surface area contributed by atoms with E-state index in [1.807, 2.05) is 0 Å². The van der Waals surface area contributed by atoms with Crippen LogP contribution < -0.4 is 5.32 Å². The van der Waals surface area contributed by atoms with E-state index in [1.54, 1.807) is 6.07 Å². The van der Waals surface area contributed by atoms with Crippen LogP contribution in [0.25, 0.3) is 0 Å². The second kappa shape index (κ2) is 5.37. The number of halogens is 1. The van der Waals surface area contributed by atoms with Gasteiger partial charge in [-0.05, 0) is 24.1 Å². The third-order valence-electron chi connectivity index (χ3n) is 1.97. The van der Waals surface area contributed by atoms with Crippen LogP contribution >= 0.6 is 0 Å². The summed E-state index contributed by atoms with van der Waals surface area (Å²) >= 11 is 0. The minimum Gasteiger partial charge on any atom is -0.378 e. The molecule has 14 heavy (non-hydrogen) atoms. The van der Waals surface area contributed by atoms with Crippen molar-refractivity contribution >= 4 is 12.0 Å². The predicted molar refractivity (Wildman–Crippen MR) is 54.9 cm³/mol. The van der Waals surface area contributed by atoms with E-state index in [1.165, 1.54) is 12.1 Å². The second-order valence-electron chi connectivity index (χ2n) is 3.10. The molecule has 0 aromatic heterocycles. The Morgan fingerprint density at radius 2 is 2.29 bits per heavy atom. The first-order chi connectivity index (χ1) is 6.77. The van der Waals surface area contributed by atoms with Crippen molar-refractivity contribution in [1.82, 2.24) is 0 Å². The first kappa shape index (κ1) is 10.7. The van der Waals surface area contributed by atoms with E-state index in [2.05, 4.69) is 12.2 Å². The Labute approximate surface area is 83.1 Å². The van der Waals surface area contributed by atoms with E-state index < -0.39 is 0 Å². The summed E-state index contributed by atoms with van der Waals surface area (Å²) in [6.45, 7) is 2.28. The fourth-order valence-electron chi connectivity index (χ4n) is 1.35. The summed E-state index contributed by atoms with van der Waals surface area (Å²) in [5, 5.41) is 2.88. The number of rotatable bonds is 5. The maximum Gasteiger partial charge on any atom is 0.139 e. The molecule has 0 aliphatic carbocycles. The van der Waals surface area contributed by atoms with Crippen LogP contribution in [0.3, 0.4) is 0 Å². The van der Waals surface area contributed by atoms with Crippen LogP contribution in [0, 0.1) is 5.82 Å². The third kappa shape index (κ3) is 2.83. The van der Waals surface area contributed by atoms with Crippen molar-refractivity contribution in [3.63, 3.8) is 0 Å². The van der Waals surface area contributed by atoms with Gasteiger partial charge in [0.25, 0.3) is 0 Å². The smallest absolute Gasteiger partial charge is 0.139 e. The Hall–Kier alpha value is -1.38. The number of hydrogen-bond donors (Lipinski definition) is 1. The summed E-state index contributed by atoms with van der Waals surface area (Å²) in [6, 6.07) is 4.62. The lowest BCUT2D eigenvalue weighted by Crippen LogP contribution is -2.05. The molecule has 0 spiro atoms. The molecule has 0 aliphatic heterocycles. The molecule has 0 saturated heterocycles. The van der Waals surface area contributed by atoms with E-state index >= 15 is 0 Å². The molecule has 2 nitrogen and oxygen atoms in total. The molecule has 1 aromatic rings. The van der Waals surface area contributed by atoms with Gasteiger partial charge in [-0.1, -0.05) is 19.4 Å². The van der Waals surface area contributed by atoms with E-state index in [0.29, 0.717) is 0 Å². The molecule has 0 saturated carbocycles. The second-order valence-corrected chi connectivity index (χ2v) is 3.10. The molecule has 0 amide bonds. The average molecular weight is 195 g/mol. The number of aryl methyl sites for hydroxylation is 1. The summed E-state index contributed by atoms with van der Waals surface area (Å²) in [6.07, 6.45) is 2.66. The molecule has 1 rings (SSSR count). The van der Waals surface area contributed by atoms with Gasteiger partial charge in [0, 0.05) is 5.69 Å². The van der Waals surface area contributed by atoms with Crippen molar-refractivity contribution in [3.05, 3.63) is 29.6 Å². The van der Waals surface area contributed by atoms with Crippen molar-refractivity contribution in [1.29, 1.82) is 0 Å². The molecule has 3 heteroatoms. The third-order valence-corrected chi connectivity index (χ3v) is 1.97. The van der Waals surface area contributed by atoms with Gasteiger partial charge in [0.2, 0.25) is 0 Å². The van der Waals surface area contributed by atoms with Gasteiger partial charge in [-0.15, -0.1) is 0 Å². The fraction of sp³-hybridized carbons (Fsp3) is 0.364. The first-order valence-electron chi connectivity index (χ1n) is 4.74. The Bertz CT molecular complexity index is 312. The van der Waals surface area contributed by atoms with Crippen molar-refractivity contribution in [2.75, 3.05) is 11.9 Å². The van der Waals surface area contributed by atoms with Crippen LogP contribution in [0.2, 0.25) is 0 Å². The zero-order chi connectivity index (χ0) is 10.4. The monoisotopic (exact) mass is 195 g/mol. The van der Waals surface area contributed by atoms with Crippen molar-refractivity contribution in [3.8, 4) is 0 Å². The van der Waals surface area contributed by atoms with Gasteiger partial charge in [-0.25, -0.2) is 4.39 Å². The van der Waals surface area contributed by atoms with Crippen LogP contribution in [0.15, 0.2) is 18.2 Å². The summed E-state index contributed by atoms with van der Waals surface area (Å²) in [4.78, 5) is 10.2. The first-order valence-corrected chi connectivity index (χ1v) is 4.74. The van der Waals surface area contributed by atoms with Crippen LogP contribution in [-0.4, -0.2) is 12.8 Å². The highest BCUT2D eigenvalue weighted by molar-refractivity contribution is 5.61. The lowest BCUT2D eigenvalue weighted by molar-refractivity contribution is -0.106. The standard InChI is InChI=1S/C11H14FNO/c1-2-3-9-4-5-10(12)8-11(9)13-6-7-14/h4-5,7-8,13H,2-3,6H2,1H3. The topological polar surface area (TPSA) is 29.1 Å². The molecular formula is C11H14FNO. The molecular weight excluding hydrogens is 181 g/mol. The quantitative estimate of drug-likeness (QED) is 0.731. The number of carbonyl (C=O) groups is 1. The number of hydrogen-bond acceptors (Lipinski definition) is 2. The Kier molecular flexibility index (Phi) is 4.11. The summed E-state index contributed by atoms with van der Waals surface area (Å²) < 4.78 is 12.9. The lowest BCUT2D eigenvalue weighted by Gasteiger charge is -2.09. The molecule has 1 aromatic carbocycles. The Balaban J connectivity index is 2.84. The Morgan fingerprint density at radius 1 is 1.50 bits per heavy atom. The van der Waals surface area contributed by atoms with Gasteiger partial charge in [-0.2, -0.15) is 0 Å². The molecule has 1 N–H and O–H groups in total. The number of carbonyl (C=O) groups excluding carboxylic acids is 1. The highest BCUT2D eigenvalue weighted by Gasteiger charge is 2.02. The predicted octanol–water partition coefficient (Wildman–Crippen LogP) is 2.39. The lowest BCUT2D eigenvalue weighted by atomic mass is 10.1. The largest absolute Gasteiger partial charge is 0.378 e. The van der Waals surface area contributed by atoms with E-state index in [4.69, 9.17) is 0 Å². The Morgan fingerprint density at radius 3 is 2.93 bits per heavy atom. The molecule has 0 radical (unpaired) electrons. The highest BCUT2D eigenvalue weighted by atomic mass is 19.1. The van der Waals surface area contributed by atoms with Crippen LogP contribution in [0.5, 0.6) is 0 Å². The van der Waals surface area contributed by atoms with Crippen molar-refractivity contribution in [2.24, 2.45) is 0 Å². The summed E-state index contributed by atoms with van der Waals surface area (Å²) in [5.74, 6) is -0.279. The summed E-state index contributed by atoms with van der Waals surface area (Å²) in [7, 11) is 0. The molecule has 76 valence electrons. The van der Waals surface area contributed by atoms with Gasteiger partial charge in [0.1, 0.15) is 12.1 Å². The van der Waals surface area contributed by atoms with Crippen LogP contribution in [0.1, 0.15) is 18.9 Å². The molecule has 0 unspecified atom stereocenters. The normalized spacial score (nSPS) is 9.86. The van der Waals surface area contributed by atoms with Crippen molar-refractivity contribution < 1.29 is 9.18 Å². The zero-order valence-corrected chi connectivity index (χ0v) is 8.22. The molecule has 0 aliphatic rings. The van der Waals surface area contributed by atoms with Gasteiger partial charge in [-0.3, -0.25) is 0 Å². The van der Waals surface area contributed by atoms with E-state index in [9.17, 15) is 9.18 Å². The number of anilines is 1.